The maximum Gasteiger partial charge on any atom is 0.228 e. The molecular weight excluding hydrogens is 318 g/mol. The number of imidazole rings is 1. The molecule has 0 aliphatic heterocycles. The molecule has 7 heteroatoms. The fraction of sp³-hybridized carbons (Fsp3) is 0.500. The Morgan fingerprint density at radius 2 is 2.16 bits per heavy atom. The van der Waals surface area contributed by atoms with E-state index < -0.39 is 0 Å². The molecule has 0 atom stereocenters. The minimum absolute atomic E-state index is 0.00651. The number of nitrogens with zero attached hydrogens (tertiary/aromatic N) is 2. The summed E-state index contributed by atoms with van der Waals surface area (Å²) in [5.41, 5.74) is 2.40. The summed E-state index contributed by atoms with van der Waals surface area (Å²) in [5, 5.41) is 13.8. The number of hydrogen-bond acceptors (Lipinski definition) is 4. The van der Waals surface area contributed by atoms with Crippen molar-refractivity contribution in [3.05, 3.63) is 24.3 Å². The average Bonchev–Trinajstić information content (AvgIpc) is 3.35. The minimum atomic E-state index is -0.124. The zero-order valence-corrected chi connectivity index (χ0v) is 13.9. The lowest BCUT2D eigenvalue weighted by atomic mass is 9.85. The molecule has 7 nitrogen and oxygen atoms in total. The molecule has 0 radical (unpaired) electrons. The van der Waals surface area contributed by atoms with Gasteiger partial charge < -0.3 is 20.4 Å². The molecule has 3 heterocycles. The van der Waals surface area contributed by atoms with Gasteiger partial charge in [0.1, 0.15) is 17.0 Å². The van der Waals surface area contributed by atoms with Crippen molar-refractivity contribution in [1.29, 1.82) is 0 Å². The highest BCUT2D eigenvalue weighted by Crippen LogP contribution is 2.56. The number of rotatable bonds is 4. The number of nitrogens with one attached hydrogen (secondary N) is 3. The molecule has 2 saturated carbocycles. The van der Waals surface area contributed by atoms with Crippen molar-refractivity contribution in [2.24, 2.45) is 5.41 Å². The van der Waals surface area contributed by atoms with E-state index in [-0.39, 0.29) is 29.9 Å². The maximum absolute atomic E-state index is 12.6. The summed E-state index contributed by atoms with van der Waals surface area (Å²) in [5.74, 6) is 0.650. The third-order valence-corrected chi connectivity index (χ3v) is 6.13. The van der Waals surface area contributed by atoms with Crippen molar-refractivity contribution in [3.8, 4) is 0 Å². The third-order valence-electron chi connectivity index (χ3n) is 6.13. The first kappa shape index (κ1) is 14.9. The van der Waals surface area contributed by atoms with Crippen molar-refractivity contribution in [2.75, 3.05) is 6.61 Å². The molecule has 2 aliphatic carbocycles. The molecule has 0 unspecified atom stereocenters. The van der Waals surface area contributed by atoms with Crippen LogP contribution in [0.15, 0.2) is 18.5 Å². The molecule has 130 valence electrons. The van der Waals surface area contributed by atoms with Gasteiger partial charge in [0.25, 0.3) is 0 Å². The predicted octanol–water partition coefficient (Wildman–Crippen LogP) is 1.79. The number of H-pyrrole nitrogens is 2. The van der Waals surface area contributed by atoms with Crippen LogP contribution in [-0.4, -0.2) is 43.1 Å². The standard InChI is InChI=1S/C18H21N5O2/c24-10-17-2-4-18(9-17,5-3-17)23-14(25)7-13-21-12-8-20-16-11(1-6-19-16)15(12)22-13/h1,6,8,24H,2-5,7,9-10H2,(H,19,20)(H,21,22)(H,23,25). The van der Waals surface area contributed by atoms with E-state index in [1.165, 1.54) is 0 Å². The number of aliphatic hydroxyl groups is 1. The summed E-state index contributed by atoms with van der Waals surface area (Å²) in [6.45, 7) is 0.230. The van der Waals surface area contributed by atoms with Gasteiger partial charge in [0.05, 0.1) is 18.1 Å². The summed E-state index contributed by atoms with van der Waals surface area (Å²) < 4.78 is 0. The van der Waals surface area contributed by atoms with Crippen LogP contribution in [0.2, 0.25) is 0 Å². The summed E-state index contributed by atoms with van der Waals surface area (Å²) in [7, 11) is 0. The quantitative estimate of drug-likeness (QED) is 0.581. The van der Waals surface area contributed by atoms with Gasteiger partial charge in [0.15, 0.2) is 0 Å². The van der Waals surface area contributed by atoms with Gasteiger partial charge in [-0.25, -0.2) is 9.97 Å². The Bertz CT molecular complexity index is 964. The molecule has 2 bridgehead atoms. The largest absolute Gasteiger partial charge is 0.396 e. The van der Waals surface area contributed by atoms with Crippen molar-refractivity contribution >= 4 is 28.0 Å². The number of amides is 1. The Labute approximate surface area is 144 Å². The third kappa shape index (κ3) is 2.26. The second-order valence-corrected chi connectivity index (χ2v) is 7.78. The van der Waals surface area contributed by atoms with Crippen LogP contribution < -0.4 is 5.32 Å². The number of hydrogen-bond donors (Lipinski definition) is 4. The normalized spacial score (nSPS) is 28.2. The van der Waals surface area contributed by atoms with Crippen LogP contribution in [0.25, 0.3) is 22.1 Å². The van der Waals surface area contributed by atoms with Gasteiger partial charge in [-0.3, -0.25) is 4.79 Å². The fourth-order valence-electron chi connectivity index (χ4n) is 4.81. The highest BCUT2D eigenvalue weighted by molar-refractivity contribution is 6.00. The Morgan fingerprint density at radius 3 is 2.92 bits per heavy atom. The zero-order chi connectivity index (χ0) is 17.1. The van der Waals surface area contributed by atoms with Gasteiger partial charge in [-0.2, -0.15) is 0 Å². The van der Waals surface area contributed by atoms with E-state index in [4.69, 9.17) is 0 Å². The Hall–Kier alpha value is -2.41. The second kappa shape index (κ2) is 5.05. The molecular formula is C18H21N5O2. The maximum atomic E-state index is 12.6. The lowest BCUT2D eigenvalue weighted by molar-refractivity contribution is -0.122. The molecule has 4 N–H and O–H groups in total. The van der Waals surface area contributed by atoms with Crippen LogP contribution in [0.5, 0.6) is 0 Å². The number of aromatic nitrogens is 4. The molecule has 3 aromatic heterocycles. The van der Waals surface area contributed by atoms with Crippen LogP contribution in [0.3, 0.4) is 0 Å². The summed E-state index contributed by atoms with van der Waals surface area (Å²) >= 11 is 0. The van der Waals surface area contributed by atoms with E-state index >= 15 is 0 Å². The van der Waals surface area contributed by atoms with Crippen molar-refractivity contribution in [1.82, 2.24) is 25.3 Å². The molecule has 0 saturated heterocycles. The summed E-state index contributed by atoms with van der Waals surface area (Å²) in [6.07, 6.45) is 8.65. The Morgan fingerprint density at radius 1 is 1.32 bits per heavy atom. The number of aliphatic hydroxyl groups excluding tert-OH is 1. The van der Waals surface area contributed by atoms with Crippen molar-refractivity contribution in [3.63, 3.8) is 0 Å². The molecule has 25 heavy (non-hydrogen) atoms. The van der Waals surface area contributed by atoms with Gasteiger partial charge in [-0.1, -0.05) is 0 Å². The van der Waals surface area contributed by atoms with Crippen LogP contribution in [0, 0.1) is 5.41 Å². The van der Waals surface area contributed by atoms with E-state index in [0.29, 0.717) is 5.82 Å². The van der Waals surface area contributed by atoms with Crippen molar-refractivity contribution in [2.45, 2.75) is 44.1 Å². The fourth-order valence-corrected chi connectivity index (χ4v) is 4.81. The van der Waals surface area contributed by atoms with Crippen LogP contribution >= 0.6 is 0 Å². The van der Waals surface area contributed by atoms with E-state index in [0.717, 1.165) is 54.2 Å². The first-order valence-corrected chi connectivity index (χ1v) is 8.83. The summed E-state index contributed by atoms with van der Waals surface area (Å²) in [4.78, 5) is 27.8. The molecule has 1 amide bonds. The SMILES string of the molecule is O=C(Cc1nc2c(cnc3[nH]ccc32)[nH]1)NC12CCC(CO)(CC1)C2. The molecule has 5 rings (SSSR count). The number of aromatic amines is 2. The number of fused-ring (bicyclic) bond motifs is 5. The lowest BCUT2D eigenvalue weighted by Gasteiger charge is -2.28. The minimum Gasteiger partial charge on any atom is -0.396 e. The van der Waals surface area contributed by atoms with Crippen molar-refractivity contribution < 1.29 is 9.90 Å². The second-order valence-electron chi connectivity index (χ2n) is 7.78. The predicted molar refractivity (Wildman–Crippen MR) is 92.9 cm³/mol. The van der Waals surface area contributed by atoms with Crippen LogP contribution in [0.4, 0.5) is 0 Å². The van der Waals surface area contributed by atoms with E-state index in [1.54, 1.807) is 6.20 Å². The van der Waals surface area contributed by atoms with Gasteiger partial charge in [0.2, 0.25) is 5.91 Å². The van der Waals surface area contributed by atoms with Gasteiger partial charge >= 0.3 is 0 Å². The van der Waals surface area contributed by atoms with Crippen LogP contribution in [0.1, 0.15) is 37.9 Å². The van der Waals surface area contributed by atoms with E-state index in [1.807, 2.05) is 12.3 Å². The summed E-state index contributed by atoms with van der Waals surface area (Å²) in [6, 6.07) is 1.94. The van der Waals surface area contributed by atoms with E-state index in [2.05, 4.69) is 25.3 Å². The van der Waals surface area contributed by atoms with Crippen LogP contribution in [-0.2, 0) is 11.2 Å². The molecule has 2 aliphatic rings. The van der Waals surface area contributed by atoms with E-state index in [9.17, 15) is 9.90 Å². The van der Waals surface area contributed by atoms with Gasteiger partial charge in [-0.05, 0) is 43.6 Å². The first-order valence-electron chi connectivity index (χ1n) is 8.83. The molecule has 0 aromatic carbocycles. The number of carbonyl (C=O) groups is 1. The van der Waals surface area contributed by atoms with Gasteiger partial charge in [-0.15, -0.1) is 0 Å². The highest BCUT2D eigenvalue weighted by Gasteiger charge is 2.54. The molecule has 3 aromatic rings. The lowest BCUT2D eigenvalue weighted by Crippen LogP contribution is -2.45. The highest BCUT2D eigenvalue weighted by atomic mass is 16.3. The number of pyridine rings is 1. The smallest absolute Gasteiger partial charge is 0.228 e. The van der Waals surface area contributed by atoms with Gasteiger partial charge in [0, 0.05) is 23.7 Å². The number of carbonyl (C=O) groups excluding carboxylic acids is 1. The first-order chi connectivity index (χ1) is 12.1. The Balaban J connectivity index is 1.35. The molecule has 0 spiro atoms. The molecule has 2 fully saturated rings. The topological polar surface area (TPSA) is 107 Å². The monoisotopic (exact) mass is 339 g/mol. The average molecular weight is 339 g/mol. The zero-order valence-electron chi connectivity index (χ0n) is 13.9. The Kier molecular flexibility index (Phi) is 3.01.